The number of thiophene rings is 1. The van der Waals surface area contributed by atoms with Gasteiger partial charge in [0.05, 0.1) is 11.4 Å². The van der Waals surface area contributed by atoms with Gasteiger partial charge in [0.25, 0.3) is 5.91 Å². The molecule has 7 heteroatoms. The lowest BCUT2D eigenvalue weighted by Crippen LogP contribution is -2.64. The van der Waals surface area contributed by atoms with Gasteiger partial charge in [-0.25, -0.2) is 0 Å². The number of anilines is 1. The lowest BCUT2D eigenvalue weighted by Gasteiger charge is -2.43. The van der Waals surface area contributed by atoms with Crippen molar-refractivity contribution in [2.75, 3.05) is 4.90 Å². The number of aryl methyl sites for hydroxylation is 2. The summed E-state index contributed by atoms with van der Waals surface area (Å²) in [6, 6.07) is 21.7. The predicted octanol–water partition coefficient (Wildman–Crippen LogP) is 5.22. The van der Waals surface area contributed by atoms with E-state index in [1.54, 1.807) is 20.9 Å². The fraction of sp³-hybridized carbons (Fsp3) is 0.250. The molecule has 5 rings (SSSR count). The van der Waals surface area contributed by atoms with Crippen LogP contribution in [0, 0.1) is 6.92 Å². The van der Waals surface area contributed by atoms with E-state index in [2.05, 4.69) is 18.3 Å². The average molecular weight is 485 g/mol. The van der Waals surface area contributed by atoms with Crippen LogP contribution >= 0.6 is 11.3 Å². The fourth-order valence-electron chi connectivity index (χ4n) is 4.64. The minimum atomic E-state index is -1.15. The minimum Gasteiger partial charge on any atom is -0.350 e. The number of hydrogen-bond acceptors (Lipinski definition) is 4. The Labute approximate surface area is 209 Å². The molecule has 0 fully saturated rings. The van der Waals surface area contributed by atoms with Crippen LogP contribution in [0.25, 0.3) is 10.6 Å². The molecule has 3 heterocycles. The van der Waals surface area contributed by atoms with Crippen molar-refractivity contribution in [3.8, 4) is 10.6 Å². The zero-order valence-corrected chi connectivity index (χ0v) is 20.9. The molecule has 1 atom stereocenters. The number of amides is 2. The highest BCUT2D eigenvalue weighted by molar-refractivity contribution is 7.13. The molecule has 2 aromatic carbocycles. The summed E-state index contributed by atoms with van der Waals surface area (Å²) in [7, 11) is 0. The third kappa shape index (κ3) is 4.28. The normalized spacial score (nSPS) is 17.3. The zero-order chi connectivity index (χ0) is 24.6. The summed E-state index contributed by atoms with van der Waals surface area (Å²) in [5, 5.41) is 9.78. The molecule has 1 N–H and O–H groups in total. The third-order valence-corrected chi connectivity index (χ3v) is 7.42. The third-order valence-electron chi connectivity index (χ3n) is 6.53. The lowest BCUT2D eigenvalue weighted by molar-refractivity contribution is -0.126. The van der Waals surface area contributed by atoms with Gasteiger partial charge in [-0.1, -0.05) is 55.0 Å². The molecule has 6 nitrogen and oxygen atoms in total. The molecule has 0 saturated carbocycles. The highest BCUT2D eigenvalue weighted by atomic mass is 32.1. The summed E-state index contributed by atoms with van der Waals surface area (Å²) < 4.78 is 1.68. The molecule has 0 radical (unpaired) electrons. The molecule has 2 aromatic heterocycles. The van der Waals surface area contributed by atoms with Gasteiger partial charge in [0.1, 0.15) is 16.9 Å². The molecule has 0 bridgehead atoms. The van der Waals surface area contributed by atoms with E-state index in [-0.39, 0.29) is 18.4 Å². The highest BCUT2D eigenvalue weighted by Gasteiger charge is 2.49. The Morgan fingerprint density at radius 3 is 2.63 bits per heavy atom. The molecule has 0 aliphatic carbocycles. The van der Waals surface area contributed by atoms with E-state index in [9.17, 15) is 9.59 Å². The number of nitrogens with one attached hydrogen (secondary N) is 1. The van der Waals surface area contributed by atoms with Gasteiger partial charge in [0.15, 0.2) is 0 Å². The molecular weight excluding hydrogens is 456 g/mol. The molecule has 0 unspecified atom stereocenters. The fourth-order valence-corrected chi connectivity index (χ4v) is 5.32. The Kier molecular flexibility index (Phi) is 6.03. The zero-order valence-electron chi connectivity index (χ0n) is 20.1. The second kappa shape index (κ2) is 9.15. The molecule has 4 aromatic rings. The highest BCUT2D eigenvalue weighted by Crippen LogP contribution is 2.35. The Morgan fingerprint density at radius 2 is 1.89 bits per heavy atom. The summed E-state index contributed by atoms with van der Waals surface area (Å²) in [6.45, 7) is 6.58. The monoisotopic (exact) mass is 484 g/mol. The van der Waals surface area contributed by atoms with Gasteiger partial charge in [-0.05, 0) is 61.0 Å². The number of carbonyl (C=O) groups excluding carboxylic acids is 2. The number of hydrogen-bond donors (Lipinski definition) is 1. The molecular formula is C28H28N4O2S. The van der Waals surface area contributed by atoms with Crippen LogP contribution in [0.2, 0.25) is 0 Å². The predicted molar refractivity (Wildman–Crippen MR) is 140 cm³/mol. The first-order valence-corrected chi connectivity index (χ1v) is 12.7. The van der Waals surface area contributed by atoms with Gasteiger partial charge in [-0.15, -0.1) is 11.3 Å². The molecule has 35 heavy (non-hydrogen) atoms. The first kappa shape index (κ1) is 23.1. The standard InChI is InChI=1S/C28H28N4O2S/c1-4-20-9-6-11-22(15-20)32-26(33)24-16-23(25-12-7-13-35-25)30-31(24)18-28(32,3)27(34)29-17-21-10-5-8-19(2)14-21/h5-16H,4,17-18H2,1-3H3,(H,29,34)/t28-/m0/s1. The van der Waals surface area contributed by atoms with Gasteiger partial charge in [0.2, 0.25) is 5.91 Å². The van der Waals surface area contributed by atoms with Gasteiger partial charge < -0.3 is 5.32 Å². The van der Waals surface area contributed by atoms with Crippen molar-refractivity contribution >= 4 is 28.8 Å². The quantitative estimate of drug-likeness (QED) is 0.408. The number of aromatic nitrogens is 2. The summed E-state index contributed by atoms with van der Waals surface area (Å²) in [4.78, 5) is 30.3. The number of carbonyl (C=O) groups is 2. The first-order chi connectivity index (χ1) is 16.9. The Bertz CT molecular complexity index is 1390. The van der Waals surface area contributed by atoms with Crippen molar-refractivity contribution in [3.05, 3.63) is 94.5 Å². The van der Waals surface area contributed by atoms with E-state index in [4.69, 9.17) is 5.10 Å². The van der Waals surface area contributed by atoms with Crippen molar-refractivity contribution in [1.82, 2.24) is 15.1 Å². The second-order valence-corrected chi connectivity index (χ2v) is 10.1. The summed E-state index contributed by atoms with van der Waals surface area (Å²) in [5.41, 5.74) is 4.05. The van der Waals surface area contributed by atoms with Crippen LogP contribution in [-0.4, -0.2) is 27.1 Å². The molecule has 2 amide bonds. The van der Waals surface area contributed by atoms with E-state index in [0.717, 1.165) is 33.7 Å². The molecule has 0 saturated heterocycles. The smallest absolute Gasteiger partial charge is 0.277 e. The van der Waals surface area contributed by atoms with Gasteiger partial charge >= 0.3 is 0 Å². The Morgan fingerprint density at radius 1 is 1.09 bits per heavy atom. The molecule has 1 aliphatic heterocycles. The molecule has 178 valence electrons. The lowest BCUT2D eigenvalue weighted by atomic mass is 9.93. The number of benzene rings is 2. The van der Waals surface area contributed by atoms with Crippen LogP contribution in [0.1, 0.15) is 41.0 Å². The van der Waals surface area contributed by atoms with Crippen LogP contribution in [0.15, 0.2) is 72.1 Å². The van der Waals surface area contributed by atoms with Crippen molar-refractivity contribution in [2.24, 2.45) is 0 Å². The van der Waals surface area contributed by atoms with Crippen LogP contribution in [-0.2, 0) is 24.3 Å². The molecule has 0 spiro atoms. The van der Waals surface area contributed by atoms with Crippen LogP contribution in [0.4, 0.5) is 5.69 Å². The maximum Gasteiger partial charge on any atom is 0.277 e. The van der Waals surface area contributed by atoms with Gasteiger partial charge in [0, 0.05) is 12.2 Å². The summed E-state index contributed by atoms with van der Waals surface area (Å²) in [6.07, 6.45) is 0.840. The van der Waals surface area contributed by atoms with E-state index >= 15 is 0 Å². The van der Waals surface area contributed by atoms with Crippen molar-refractivity contribution < 1.29 is 9.59 Å². The van der Waals surface area contributed by atoms with E-state index < -0.39 is 5.54 Å². The maximum absolute atomic E-state index is 13.9. The van der Waals surface area contributed by atoms with Crippen LogP contribution < -0.4 is 10.2 Å². The van der Waals surface area contributed by atoms with E-state index in [0.29, 0.717) is 17.9 Å². The molecule has 1 aliphatic rings. The first-order valence-electron chi connectivity index (χ1n) is 11.8. The minimum absolute atomic E-state index is 0.215. The summed E-state index contributed by atoms with van der Waals surface area (Å²) in [5.74, 6) is -0.443. The SMILES string of the molecule is CCc1cccc(N2C(=O)c3cc(-c4cccs4)nn3C[C@@]2(C)C(=O)NCc2cccc(C)c2)c1. The van der Waals surface area contributed by atoms with Gasteiger partial charge in [-0.3, -0.25) is 19.2 Å². The largest absolute Gasteiger partial charge is 0.350 e. The second-order valence-electron chi connectivity index (χ2n) is 9.16. The Hall–Kier alpha value is -3.71. The number of rotatable bonds is 6. The summed E-state index contributed by atoms with van der Waals surface area (Å²) >= 11 is 1.58. The number of nitrogens with zero attached hydrogens (tertiary/aromatic N) is 3. The van der Waals surface area contributed by atoms with Gasteiger partial charge in [-0.2, -0.15) is 5.10 Å². The maximum atomic E-state index is 13.9. The average Bonchev–Trinajstić information content (AvgIpc) is 3.53. The van der Waals surface area contributed by atoms with E-state index in [1.165, 1.54) is 0 Å². The topological polar surface area (TPSA) is 67.2 Å². The van der Waals surface area contributed by atoms with Crippen molar-refractivity contribution in [1.29, 1.82) is 0 Å². The van der Waals surface area contributed by atoms with Crippen LogP contribution in [0.5, 0.6) is 0 Å². The van der Waals surface area contributed by atoms with Crippen LogP contribution in [0.3, 0.4) is 0 Å². The van der Waals surface area contributed by atoms with Crippen molar-refractivity contribution in [3.63, 3.8) is 0 Å². The van der Waals surface area contributed by atoms with Crippen molar-refractivity contribution in [2.45, 2.75) is 45.8 Å². The number of fused-ring (bicyclic) bond motifs is 1. The Balaban J connectivity index is 1.54. The van der Waals surface area contributed by atoms with E-state index in [1.807, 2.05) is 79.9 Å².